The molecule has 1 aliphatic heterocycles. The lowest BCUT2D eigenvalue weighted by Gasteiger charge is -2.35. The Hall–Kier alpha value is -0.730. The molecule has 0 radical (unpaired) electrons. The van der Waals surface area contributed by atoms with Crippen molar-refractivity contribution < 1.29 is 4.74 Å². The highest BCUT2D eigenvalue weighted by atomic mass is 35.5. The van der Waals surface area contributed by atoms with Gasteiger partial charge in [-0.2, -0.15) is 0 Å². The minimum absolute atomic E-state index is 0.239. The van der Waals surface area contributed by atoms with Crippen molar-refractivity contribution in [3.8, 4) is 5.75 Å². The van der Waals surface area contributed by atoms with Crippen molar-refractivity contribution in [3.05, 3.63) is 28.3 Å². The lowest BCUT2D eigenvalue weighted by Crippen LogP contribution is -2.39. The molecule has 1 fully saturated rings. The molecule has 0 spiro atoms. The fraction of sp³-hybridized carbons (Fsp3) is 0.600. The van der Waals surface area contributed by atoms with Crippen LogP contribution in [-0.2, 0) is 12.0 Å². The van der Waals surface area contributed by atoms with Crippen LogP contribution in [0.3, 0.4) is 0 Å². The van der Waals surface area contributed by atoms with E-state index in [1.807, 2.05) is 12.1 Å². The van der Waals surface area contributed by atoms with Crippen LogP contribution >= 0.6 is 11.6 Å². The average Bonchev–Trinajstić information content (AvgIpc) is 2.69. The molecule has 0 bridgehead atoms. The van der Waals surface area contributed by atoms with E-state index in [9.17, 15) is 0 Å². The van der Waals surface area contributed by atoms with Crippen molar-refractivity contribution in [2.45, 2.75) is 57.1 Å². The summed E-state index contributed by atoms with van der Waals surface area (Å²) in [7, 11) is 0. The Bertz CT molecular complexity index is 466. The maximum absolute atomic E-state index is 6.63. The largest absolute Gasteiger partial charge is 0.490 e. The maximum Gasteiger partial charge on any atom is 0.128 e. The SMILES string of the molecule is CC1Cc2cc(Cl)cc(C3(N)CCCCC3)c2O1. The summed E-state index contributed by atoms with van der Waals surface area (Å²) in [5, 5.41) is 0.789. The van der Waals surface area contributed by atoms with Crippen molar-refractivity contribution in [1.82, 2.24) is 0 Å². The molecule has 1 saturated carbocycles. The Kier molecular flexibility index (Phi) is 3.03. The van der Waals surface area contributed by atoms with Crippen molar-refractivity contribution in [2.75, 3.05) is 0 Å². The lowest BCUT2D eigenvalue weighted by molar-refractivity contribution is 0.237. The molecule has 1 aliphatic carbocycles. The van der Waals surface area contributed by atoms with Gasteiger partial charge in [0.2, 0.25) is 0 Å². The predicted molar refractivity (Wildman–Crippen MR) is 74.2 cm³/mol. The van der Waals surface area contributed by atoms with Crippen LogP contribution in [0.2, 0.25) is 5.02 Å². The summed E-state index contributed by atoms with van der Waals surface area (Å²) in [6.07, 6.45) is 6.96. The van der Waals surface area contributed by atoms with Gasteiger partial charge in [0.25, 0.3) is 0 Å². The Morgan fingerprint density at radius 3 is 2.72 bits per heavy atom. The van der Waals surface area contributed by atoms with Crippen LogP contribution < -0.4 is 10.5 Å². The van der Waals surface area contributed by atoms with Gasteiger partial charge in [0.15, 0.2) is 0 Å². The zero-order valence-corrected chi connectivity index (χ0v) is 11.6. The molecule has 98 valence electrons. The molecular weight excluding hydrogens is 246 g/mol. The summed E-state index contributed by atoms with van der Waals surface area (Å²) in [6.45, 7) is 2.10. The monoisotopic (exact) mass is 265 g/mol. The number of hydrogen-bond acceptors (Lipinski definition) is 2. The summed E-state index contributed by atoms with van der Waals surface area (Å²) < 4.78 is 5.97. The van der Waals surface area contributed by atoms with E-state index in [-0.39, 0.29) is 11.6 Å². The summed E-state index contributed by atoms with van der Waals surface area (Å²) in [4.78, 5) is 0. The van der Waals surface area contributed by atoms with Gasteiger partial charge >= 0.3 is 0 Å². The quantitative estimate of drug-likeness (QED) is 0.839. The van der Waals surface area contributed by atoms with E-state index in [1.165, 1.54) is 24.8 Å². The minimum Gasteiger partial charge on any atom is -0.490 e. The molecule has 1 aromatic rings. The predicted octanol–water partition coefficient (Wildman–Crippen LogP) is 3.78. The van der Waals surface area contributed by atoms with E-state index >= 15 is 0 Å². The fourth-order valence-corrected chi connectivity index (χ4v) is 3.56. The van der Waals surface area contributed by atoms with Gasteiger partial charge in [-0.25, -0.2) is 0 Å². The number of hydrogen-bond donors (Lipinski definition) is 1. The first-order valence-electron chi connectivity index (χ1n) is 6.87. The van der Waals surface area contributed by atoms with Gasteiger partial charge in [0.1, 0.15) is 11.9 Å². The Labute approximate surface area is 113 Å². The van der Waals surface area contributed by atoms with E-state index < -0.39 is 0 Å². The Morgan fingerprint density at radius 1 is 1.28 bits per heavy atom. The molecule has 1 atom stereocenters. The van der Waals surface area contributed by atoms with E-state index in [2.05, 4.69) is 6.92 Å². The second-order valence-corrected chi connectivity index (χ2v) is 6.23. The van der Waals surface area contributed by atoms with Crippen LogP contribution in [-0.4, -0.2) is 6.10 Å². The smallest absolute Gasteiger partial charge is 0.128 e. The molecule has 3 heteroatoms. The summed E-state index contributed by atoms with van der Waals surface area (Å²) in [5.74, 6) is 1.01. The molecule has 2 aliphatic rings. The number of fused-ring (bicyclic) bond motifs is 1. The second kappa shape index (κ2) is 4.43. The van der Waals surface area contributed by atoms with E-state index in [0.29, 0.717) is 0 Å². The summed E-state index contributed by atoms with van der Waals surface area (Å²) in [6, 6.07) is 4.04. The van der Waals surface area contributed by atoms with Crippen LogP contribution in [0.5, 0.6) is 5.75 Å². The van der Waals surface area contributed by atoms with Crippen LogP contribution in [0.1, 0.15) is 50.2 Å². The number of benzene rings is 1. The van der Waals surface area contributed by atoms with Crippen LogP contribution in [0, 0.1) is 0 Å². The molecule has 1 aromatic carbocycles. The molecule has 1 unspecified atom stereocenters. The van der Waals surface area contributed by atoms with Gasteiger partial charge in [-0.15, -0.1) is 0 Å². The van der Waals surface area contributed by atoms with E-state index in [4.69, 9.17) is 22.1 Å². The summed E-state index contributed by atoms with van der Waals surface area (Å²) in [5.41, 5.74) is 8.75. The van der Waals surface area contributed by atoms with Crippen LogP contribution in [0.25, 0.3) is 0 Å². The Balaban J connectivity index is 2.06. The third kappa shape index (κ3) is 2.02. The Morgan fingerprint density at radius 2 is 2.00 bits per heavy atom. The zero-order chi connectivity index (χ0) is 12.8. The third-order valence-electron chi connectivity index (χ3n) is 4.24. The molecule has 0 aromatic heterocycles. The molecule has 2 nitrogen and oxygen atoms in total. The molecule has 0 amide bonds. The van der Waals surface area contributed by atoms with Gasteiger partial charge < -0.3 is 10.5 Å². The molecule has 2 N–H and O–H groups in total. The standard InChI is InChI=1S/C15H20ClNO/c1-10-7-11-8-12(16)9-13(14(11)18-10)15(17)5-3-2-4-6-15/h8-10H,2-7,17H2,1H3. The van der Waals surface area contributed by atoms with E-state index in [0.717, 1.165) is 35.6 Å². The number of nitrogens with two attached hydrogens (primary N) is 1. The fourth-order valence-electron chi connectivity index (χ4n) is 3.32. The highest BCUT2D eigenvalue weighted by molar-refractivity contribution is 6.30. The van der Waals surface area contributed by atoms with Gasteiger partial charge in [-0.3, -0.25) is 0 Å². The molecule has 0 saturated heterocycles. The van der Waals surface area contributed by atoms with Gasteiger partial charge in [0, 0.05) is 22.5 Å². The normalized spacial score (nSPS) is 25.6. The molecule has 3 rings (SSSR count). The molecule has 1 heterocycles. The van der Waals surface area contributed by atoms with Crippen LogP contribution in [0.15, 0.2) is 12.1 Å². The van der Waals surface area contributed by atoms with Crippen molar-refractivity contribution >= 4 is 11.6 Å². The molecular formula is C15H20ClNO. The van der Waals surface area contributed by atoms with Crippen LogP contribution in [0.4, 0.5) is 0 Å². The minimum atomic E-state index is -0.239. The number of ether oxygens (including phenoxy) is 1. The van der Waals surface area contributed by atoms with Gasteiger partial charge in [0.05, 0.1) is 0 Å². The topological polar surface area (TPSA) is 35.2 Å². The average molecular weight is 266 g/mol. The van der Waals surface area contributed by atoms with Gasteiger partial charge in [-0.05, 0) is 37.5 Å². The maximum atomic E-state index is 6.63. The molecule has 18 heavy (non-hydrogen) atoms. The first-order valence-corrected chi connectivity index (χ1v) is 7.25. The van der Waals surface area contributed by atoms with Crippen molar-refractivity contribution in [2.24, 2.45) is 5.73 Å². The lowest BCUT2D eigenvalue weighted by atomic mass is 9.76. The van der Waals surface area contributed by atoms with Crippen molar-refractivity contribution in [3.63, 3.8) is 0 Å². The third-order valence-corrected chi connectivity index (χ3v) is 4.46. The van der Waals surface area contributed by atoms with Gasteiger partial charge in [-0.1, -0.05) is 30.9 Å². The highest BCUT2D eigenvalue weighted by Gasteiger charge is 2.35. The summed E-state index contributed by atoms with van der Waals surface area (Å²) >= 11 is 6.25. The first kappa shape index (κ1) is 12.3. The zero-order valence-electron chi connectivity index (χ0n) is 10.8. The number of rotatable bonds is 1. The van der Waals surface area contributed by atoms with E-state index in [1.54, 1.807) is 0 Å². The van der Waals surface area contributed by atoms with Crippen molar-refractivity contribution in [1.29, 1.82) is 0 Å². The highest BCUT2D eigenvalue weighted by Crippen LogP contribution is 2.44. The number of halogens is 1. The second-order valence-electron chi connectivity index (χ2n) is 5.79. The first-order chi connectivity index (χ1) is 8.58.